The van der Waals surface area contributed by atoms with Crippen molar-refractivity contribution in [2.24, 2.45) is 0 Å². The summed E-state index contributed by atoms with van der Waals surface area (Å²) >= 11 is 0. The Morgan fingerprint density at radius 3 is 2.65 bits per heavy atom. The third-order valence-corrected chi connectivity index (χ3v) is 9.67. The lowest BCUT2D eigenvalue weighted by atomic mass is 9.92. The third-order valence-electron chi connectivity index (χ3n) is 9.67. The maximum atomic E-state index is 14.1. The zero-order valence-electron chi connectivity index (χ0n) is 26.1. The summed E-state index contributed by atoms with van der Waals surface area (Å²) in [7, 11) is 2.07. The van der Waals surface area contributed by atoms with Gasteiger partial charge in [0.05, 0.1) is 36.8 Å². The Morgan fingerprint density at radius 2 is 1.91 bits per heavy atom. The van der Waals surface area contributed by atoms with Gasteiger partial charge in [-0.1, -0.05) is 18.2 Å². The molecule has 2 aromatic heterocycles. The van der Waals surface area contributed by atoms with Crippen LogP contribution in [-0.4, -0.2) is 88.7 Å². The molecule has 242 valence electrons. The molecule has 0 spiro atoms. The van der Waals surface area contributed by atoms with Crippen LogP contribution in [0.25, 0.3) is 11.0 Å². The Bertz CT molecular complexity index is 1750. The van der Waals surface area contributed by atoms with E-state index in [4.69, 9.17) is 9.47 Å². The second-order valence-corrected chi connectivity index (χ2v) is 12.8. The number of benzene rings is 2. The van der Waals surface area contributed by atoms with Crippen molar-refractivity contribution in [1.82, 2.24) is 24.7 Å². The first-order valence-electron chi connectivity index (χ1n) is 15.9. The van der Waals surface area contributed by atoms with Crippen LogP contribution in [0.3, 0.4) is 0 Å². The minimum Gasteiger partial charge on any atom is -0.457 e. The van der Waals surface area contributed by atoms with Gasteiger partial charge in [0.1, 0.15) is 17.1 Å². The molecule has 1 amide bonds. The standard InChI is InChI=1S/C35H39F2N5O4/c1-22-27-17-26(46-30-7-9-38-34-29(30)18-31(39-34)35(44)20-45-21-35)6-5-24(27)8-10-42(22)32(43)16-23-3-4-25(28(15-23)33(36)37)19-41-13-11-40(2)12-14-41/h3-7,9,15,17-18,22,33,44H,8,10-14,16,19-21H2,1-2H3,(H,38,39)/t22-/m0/s1. The average molecular weight is 632 g/mol. The summed E-state index contributed by atoms with van der Waals surface area (Å²) in [5.41, 5.74) is 3.57. The van der Waals surface area contributed by atoms with Crippen molar-refractivity contribution in [3.63, 3.8) is 0 Å². The molecule has 3 aliphatic rings. The molecule has 0 unspecified atom stereocenters. The molecule has 7 rings (SSSR count). The molecule has 0 saturated carbocycles. The number of H-pyrrole nitrogens is 1. The van der Waals surface area contributed by atoms with Crippen LogP contribution in [0, 0.1) is 0 Å². The highest BCUT2D eigenvalue weighted by Gasteiger charge is 2.40. The number of rotatable bonds is 8. The van der Waals surface area contributed by atoms with E-state index in [1.807, 2.05) is 42.2 Å². The van der Waals surface area contributed by atoms with Crippen molar-refractivity contribution >= 4 is 16.9 Å². The number of alkyl halides is 2. The smallest absolute Gasteiger partial charge is 0.264 e. The van der Waals surface area contributed by atoms with Gasteiger partial charge in [0, 0.05) is 51.0 Å². The molecular weight excluding hydrogens is 592 g/mol. The fraction of sp³-hybridized carbons (Fsp3) is 0.429. The number of carbonyl (C=O) groups excluding carboxylic acids is 1. The molecule has 2 saturated heterocycles. The number of aliphatic hydroxyl groups is 1. The molecule has 2 fully saturated rings. The van der Waals surface area contributed by atoms with E-state index >= 15 is 0 Å². The van der Waals surface area contributed by atoms with Crippen molar-refractivity contribution in [3.8, 4) is 11.5 Å². The van der Waals surface area contributed by atoms with Gasteiger partial charge in [0.15, 0.2) is 5.60 Å². The van der Waals surface area contributed by atoms with Gasteiger partial charge in [-0.25, -0.2) is 13.8 Å². The summed E-state index contributed by atoms with van der Waals surface area (Å²) in [5, 5.41) is 11.5. The number of nitrogens with zero attached hydrogens (tertiary/aromatic N) is 4. The number of aromatic amines is 1. The quantitative estimate of drug-likeness (QED) is 0.285. The van der Waals surface area contributed by atoms with Gasteiger partial charge in [-0.15, -0.1) is 0 Å². The summed E-state index contributed by atoms with van der Waals surface area (Å²) in [6.07, 6.45) is -0.196. The predicted molar refractivity (Wildman–Crippen MR) is 169 cm³/mol. The van der Waals surface area contributed by atoms with E-state index < -0.39 is 12.0 Å². The first-order chi connectivity index (χ1) is 22.2. The molecule has 2 N–H and O–H groups in total. The molecule has 5 heterocycles. The highest BCUT2D eigenvalue weighted by Crippen LogP contribution is 2.38. The number of pyridine rings is 1. The van der Waals surface area contributed by atoms with Crippen LogP contribution in [0.5, 0.6) is 11.5 Å². The zero-order valence-corrected chi connectivity index (χ0v) is 26.1. The summed E-state index contributed by atoms with van der Waals surface area (Å²) < 4.78 is 39.8. The number of amides is 1. The number of hydrogen-bond donors (Lipinski definition) is 2. The van der Waals surface area contributed by atoms with Gasteiger partial charge in [0.25, 0.3) is 6.43 Å². The Morgan fingerprint density at radius 1 is 1.11 bits per heavy atom. The fourth-order valence-corrected chi connectivity index (χ4v) is 6.74. The second-order valence-electron chi connectivity index (χ2n) is 12.8. The van der Waals surface area contributed by atoms with Crippen LogP contribution in [-0.2, 0) is 34.5 Å². The van der Waals surface area contributed by atoms with E-state index in [2.05, 4.69) is 26.8 Å². The number of halogens is 2. The zero-order chi connectivity index (χ0) is 32.0. The Hall–Kier alpha value is -3.90. The van der Waals surface area contributed by atoms with Gasteiger partial charge in [-0.05, 0) is 73.0 Å². The summed E-state index contributed by atoms with van der Waals surface area (Å²) in [5.74, 6) is 1.13. The van der Waals surface area contributed by atoms with E-state index in [1.165, 1.54) is 6.07 Å². The summed E-state index contributed by atoms with van der Waals surface area (Å²) in [6.45, 7) is 7.02. The Labute approximate surface area is 266 Å². The minimum absolute atomic E-state index is 0.0120. The number of aromatic nitrogens is 2. The highest BCUT2D eigenvalue weighted by atomic mass is 19.3. The van der Waals surface area contributed by atoms with Crippen LogP contribution < -0.4 is 4.74 Å². The van der Waals surface area contributed by atoms with E-state index in [9.17, 15) is 18.7 Å². The number of nitrogens with one attached hydrogen (secondary N) is 1. The van der Waals surface area contributed by atoms with Gasteiger partial charge in [-0.2, -0.15) is 0 Å². The first-order valence-corrected chi connectivity index (χ1v) is 15.9. The molecular formula is C35H39F2N5O4. The van der Waals surface area contributed by atoms with E-state index in [0.29, 0.717) is 53.5 Å². The SMILES string of the molecule is C[C@H]1c2cc(Oc3ccnc4[nH]c(C5(O)COC5)cc34)ccc2CCN1C(=O)Cc1ccc(CN2CCN(C)CC2)c(C(F)F)c1. The van der Waals surface area contributed by atoms with Gasteiger partial charge < -0.3 is 29.4 Å². The largest absolute Gasteiger partial charge is 0.457 e. The lowest BCUT2D eigenvalue weighted by molar-refractivity contribution is -0.186. The summed E-state index contributed by atoms with van der Waals surface area (Å²) in [6, 6.07) is 14.4. The molecule has 46 heavy (non-hydrogen) atoms. The third kappa shape index (κ3) is 6.00. The molecule has 0 bridgehead atoms. The fourth-order valence-electron chi connectivity index (χ4n) is 6.74. The van der Waals surface area contributed by atoms with Gasteiger partial charge >= 0.3 is 0 Å². The van der Waals surface area contributed by atoms with Crippen LogP contribution >= 0.6 is 0 Å². The molecule has 11 heteroatoms. The maximum Gasteiger partial charge on any atom is 0.264 e. The summed E-state index contributed by atoms with van der Waals surface area (Å²) in [4.78, 5) is 27.4. The normalized spacial score (nSPS) is 20.1. The van der Waals surface area contributed by atoms with Crippen molar-refractivity contribution in [1.29, 1.82) is 0 Å². The van der Waals surface area contributed by atoms with Crippen LogP contribution in [0.1, 0.15) is 52.9 Å². The van der Waals surface area contributed by atoms with E-state index in [1.54, 1.807) is 18.3 Å². The van der Waals surface area contributed by atoms with Gasteiger partial charge in [-0.3, -0.25) is 9.69 Å². The number of likely N-dealkylation sites (N-methyl/N-ethyl adjacent to an activating group) is 1. The number of carbonyl (C=O) groups is 1. The molecule has 4 aromatic rings. The van der Waals surface area contributed by atoms with E-state index in [-0.39, 0.29) is 37.1 Å². The number of ether oxygens (including phenoxy) is 2. The first kappa shape index (κ1) is 30.7. The number of fused-ring (bicyclic) bond motifs is 2. The van der Waals surface area contributed by atoms with Crippen molar-refractivity contribution < 1.29 is 28.2 Å². The van der Waals surface area contributed by atoms with Crippen molar-refractivity contribution in [2.45, 2.75) is 44.4 Å². The average Bonchev–Trinajstić information content (AvgIpc) is 3.48. The molecule has 1 atom stereocenters. The van der Waals surface area contributed by atoms with E-state index in [0.717, 1.165) is 42.7 Å². The minimum atomic E-state index is -2.60. The second kappa shape index (κ2) is 12.4. The molecule has 0 aliphatic carbocycles. The van der Waals surface area contributed by atoms with Crippen LogP contribution in [0.15, 0.2) is 54.7 Å². The number of hydrogen-bond acceptors (Lipinski definition) is 7. The van der Waals surface area contributed by atoms with Crippen molar-refractivity contribution in [3.05, 3.63) is 88.2 Å². The maximum absolute atomic E-state index is 14.1. The molecule has 3 aliphatic heterocycles. The lowest BCUT2D eigenvalue weighted by Crippen LogP contribution is -2.46. The van der Waals surface area contributed by atoms with Gasteiger partial charge in [0.2, 0.25) is 5.91 Å². The van der Waals surface area contributed by atoms with Crippen LogP contribution in [0.4, 0.5) is 8.78 Å². The Balaban J connectivity index is 1.06. The lowest BCUT2D eigenvalue weighted by Gasteiger charge is -2.35. The number of piperazine rings is 1. The monoisotopic (exact) mass is 631 g/mol. The topological polar surface area (TPSA) is 94.2 Å². The van der Waals surface area contributed by atoms with Crippen LogP contribution in [0.2, 0.25) is 0 Å². The highest BCUT2D eigenvalue weighted by molar-refractivity contribution is 5.84. The van der Waals surface area contributed by atoms with Crippen molar-refractivity contribution in [2.75, 3.05) is 53.0 Å². The predicted octanol–water partition coefficient (Wildman–Crippen LogP) is 4.95. The molecule has 0 radical (unpaired) electrons. The Kier molecular flexibility index (Phi) is 8.26. The molecule has 2 aromatic carbocycles. The molecule has 9 nitrogen and oxygen atoms in total.